The van der Waals surface area contributed by atoms with Crippen molar-refractivity contribution in [2.24, 2.45) is 22.0 Å². The number of hydrogen-bond acceptors (Lipinski definition) is 3. The van der Waals surface area contributed by atoms with Gasteiger partial charge in [0.15, 0.2) is 5.71 Å². The van der Waals surface area contributed by atoms with Crippen LogP contribution in [0.3, 0.4) is 0 Å². The van der Waals surface area contributed by atoms with Crippen LogP contribution in [0.15, 0.2) is 40.5 Å². The van der Waals surface area contributed by atoms with Gasteiger partial charge in [0.1, 0.15) is 0 Å². The molecule has 2 unspecified atom stereocenters. The van der Waals surface area contributed by atoms with E-state index in [2.05, 4.69) is 10.2 Å². The molecule has 18 heavy (non-hydrogen) atoms. The Morgan fingerprint density at radius 1 is 1.17 bits per heavy atom. The largest absolute Gasteiger partial charge is 0.477 e. The first-order valence-electron chi connectivity index (χ1n) is 6.01. The molecule has 2 atom stereocenters. The Balaban J connectivity index is 2.22. The molecule has 0 amide bonds. The minimum absolute atomic E-state index is 0.0984. The number of aliphatic carboxylic acids is 1. The zero-order chi connectivity index (χ0) is 13.1. The molecule has 1 heterocycles. The summed E-state index contributed by atoms with van der Waals surface area (Å²) in [4.78, 5) is 11.0. The molecule has 0 fully saturated rings. The fraction of sp³-hybridized carbons (Fsp3) is 0.357. The fourth-order valence-corrected chi connectivity index (χ4v) is 2.06. The van der Waals surface area contributed by atoms with E-state index in [1.807, 2.05) is 44.2 Å². The topological polar surface area (TPSA) is 62.0 Å². The van der Waals surface area contributed by atoms with Crippen LogP contribution in [-0.2, 0) is 11.2 Å². The standard InChI is InChI=1S/C14H16N2O2/c1-9-10(2)13(14(17)18)16-15-12(9)8-11-6-4-3-5-7-11/h3-7,9-10H,8H2,1-2H3,(H,17,18). The van der Waals surface area contributed by atoms with Crippen LogP contribution in [-0.4, -0.2) is 22.5 Å². The molecule has 0 bridgehead atoms. The van der Waals surface area contributed by atoms with Crippen molar-refractivity contribution in [3.63, 3.8) is 0 Å². The average Bonchev–Trinajstić information content (AvgIpc) is 2.36. The summed E-state index contributed by atoms with van der Waals surface area (Å²) in [6.45, 7) is 3.89. The van der Waals surface area contributed by atoms with Gasteiger partial charge in [0.05, 0.1) is 0 Å². The molecule has 0 aliphatic carbocycles. The molecule has 0 saturated carbocycles. The smallest absolute Gasteiger partial charge is 0.352 e. The molecule has 2 rings (SSSR count). The molecule has 1 N–H and O–H groups in total. The first-order valence-corrected chi connectivity index (χ1v) is 6.01. The predicted octanol–water partition coefficient (Wildman–Crippen LogP) is 2.40. The van der Waals surface area contributed by atoms with Gasteiger partial charge in [-0.1, -0.05) is 44.2 Å². The van der Waals surface area contributed by atoms with E-state index in [-0.39, 0.29) is 17.5 Å². The molecule has 0 spiro atoms. The van der Waals surface area contributed by atoms with Gasteiger partial charge in [-0.3, -0.25) is 0 Å². The maximum absolute atomic E-state index is 11.0. The SMILES string of the molecule is CC1C(Cc2ccccc2)=NN=C(C(=O)O)C1C. The van der Waals surface area contributed by atoms with E-state index < -0.39 is 5.97 Å². The average molecular weight is 244 g/mol. The summed E-state index contributed by atoms with van der Waals surface area (Å²) in [6.07, 6.45) is 0.725. The zero-order valence-electron chi connectivity index (χ0n) is 10.5. The second kappa shape index (κ2) is 5.12. The number of hydrogen-bond donors (Lipinski definition) is 1. The molecule has 1 aromatic rings. The second-order valence-corrected chi connectivity index (χ2v) is 4.62. The summed E-state index contributed by atoms with van der Waals surface area (Å²) < 4.78 is 0. The lowest BCUT2D eigenvalue weighted by Gasteiger charge is -2.24. The van der Waals surface area contributed by atoms with E-state index in [1.54, 1.807) is 0 Å². The van der Waals surface area contributed by atoms with Crippen molar-refractivity contribution in [2.45, 2.75) is 20.3 Å². The Morgan fingerprint density at radius 3 is 2.44 bits per heavy atom. The van der Waals surface area contributed by atoms with Gasteiger partial charge in [-0.2, -0.15) is 5.10 Å². The quantitative estimate of drug-likeness (QED) is 0.887. The van der Waals surface area contributed by atoms with Gasteiger partial charge in [-0.05, 0) is 5.56 Å². The maximum atomic E-state index is 11.0. The van der Waals surface area contributed by atoms with Crippen LogP contribution in [0.25, 0.3) is 0 Å². The van der Waals surface area contributed by atoms with Crippen LogP contribution in [0.2, 0.25) is 0 Å². The zero-order valence-corrected chi connectivity index (χ0v) is 10.5. The number of carbonyl (C=O) groups is 1. The third-order valence-electron chi connectivity index (χ3n) is 3.44. The van der Waals surface area contributed by atoms with Crippen molar-refractivity contribution in [1.29, 1.82) is 0 Å². The lowest BCUT2D eigenvalue weighted by atomic mass is 9.84. The Kier molecular flexibility index (Phi) is 3.55. The molecular weight excluding hydrogens is 228 g/mol. The molecule has 94 valence electrons. The van der Waals surface area contributed by atoms with E-state index in [1.165, 1.54) is 5.56 Å². The molecule has 1 aliphatic heterocycles. The summed E-state index contributed by atoms with van der Waals surface area (Å²) in [5.74, 6) is -0.968. The molecule has 1 aromatic carbocycles. The van der Waals surface area contributed by atoms with Crippen LogP contribution in [0.5, 0.6) is 0 Å². The molecule has 0 radical (unpaired) electrons. The van der Waals surface area contributed by atoms with Gasteiger partial charge in [0.25, 0.3) is 0 Å². The van der Waals surface area contributed by atoms with Crippen LogP contribution >= 0.6 is 0 Å². The first-order chi connectivity index (χ1) is 8.59. The number of carboxylic acids is 1. The van der Waals surface area contributed by atoms with Crippen molar-refractivity contribution in [3.8, 4) is 0 Å². The van der Waals surface area contributed by atoms with Crippen molar-refractivity contribution in [2.75, 3.05) is 0 Å². The Bertz CT molecular complexity index is 506. The molecule has 4 heteroatoms. The number of benzene rings is 1. The van der Waals surface area contributed by atoms with Gasteiger partial charge >= 0.3 is 5.97 Å². The maximum Gasteiger partial charge on any atom is 0.352 e. The third kappa shape index (κ3) is 2.47. The Hall–Kier alpha value is -1.97. The molecule has 0 saturated heterocycles. The molecule has 4 nitrogen and oxygen atoms in total. The lowest BCUT2D eigenvalue weighted by Crippen LogP contribution is -2.34. The number of rotatable bonds is 3. The highest BCUT2D eigenvalue weighted by Crippen LogP contribution is 2.22. The first kappa shape index (κ1) is 12.5. The minimum Gasteiger partial charge on any atom is -0.477 e. The van der Waals surface area contributed by atoms with Gasteiger partial charge in [0.2, 0.25) is 0 Å². The Morgan fingerprint density at radius 2 is 1.83 bits per heavy atom. The summed E-state index contributed by atoms with van der Waals surface area (Å²) in [5.41, 5.74) is 2.27. The van der Waals surface area contributed by atoms with E-state index in [9.17, 15) is 4.79 Å². The monoisotopic (exact) mass is 244 g/mol. The Labute approximate surface area is 106 Å². The fourth-order valence-electron chi connectivity index (χ4n) is 2.06. The summed E-state index contributed by atoms with van der Waals surface area (Å²) in [6, 6.07) is 10.0. The predicted molar refractivity (Wildman–Crippen MR) is 71.0 cm³/mol. The van der Waals surface area contributed by atoms with Gasteiger partial charge < -0.3 is 5.11 Å². The highest BCUT2D eigenvalue weighted by Gasteiger charge is 2.30. The van der Waals surface area contributed by atoms with E-state index in [4.69, 9.17) is 5.11 Å². The van der Waals surface area contributed by atoms with E-state index in [0.29, 0.717) is 0 Å². The van der Waals surface area contributed by atoms with Crippen molar-refractivity contribution in [3.05, 3.63) is 35.9 Å². The highest BCUT2D eigenvalue weighted by molar-refractivity contribution is 6.37. The summed E-state index contributed by atoms with van der Waals surface area (Å²) in [7, 11) is 0. The van der Waals surface area contributed by atoms with E-state index in [0.717, 1.165) is 12.1 Å². The van der Waals surface area contributed by atoms with Crippen LogP contribution in [0, 0.1) is 11.8 Å². The van der Waals surface area contributed by atoms with Crippen molar-refractivity contribution in [1.82, 2.24) is 0 Å². The van der Waals surface area contributed by atoms with Gasteiger partial charge in [-0.25, -0.2) is 4.79 Å². The minimum atomic E-state index is -0.975. The summed E-state index contributed by atoms with van der Waals surface area (Å²) in [5, 5.41) is 16.9. The molecule has 1 aliphatic rings. The highest BCUT2D eigenvalue weighted by atomic mass is 16.4. The number of carboxylic acid groups (broad SMARTS) is 1. The molecular formula is C14H16N2O2. The lowest BCUT2D eigenvalue weighted by molar-refractivity contribution is -0.129. The van der Waals surface area contributed by atoms with E-state index >= 15 is 0 Å². The van der Waals surface area contributed by atoms with Gasteiger partial charge in [0, 0.05) is 24.0 Å². The van der Waals surface area contributed by atoms with Crippen molar-refractivity contribution >= 4 is 17.4 Å². The van der Waals surface area contributed by atoms with Crippen LogP contribution < -0.4 is 0 Å². The van der Waals surface area contributed by atoms with Gasteiger partial charge in [-0.15, -0.1) is 5.10 Å². The normalized spacial score (nSPS) is 23.2. The van der Waals surface area contributed by atoms with Crippen molar-refractivity contribution < 1.29 is 9.90 Å². The summed E-state index contributed by atoms with van der Waals surface area (Å²) >= 11 is 0. The van der Waals surface area contributed by atoms with Crippen LogP contribution in [0.1, 0.15) is 19.4 Å². The van der Waals surface area contributed by atoms with Crippen LogP contribution in [0.4, 0.5) is 0 Å². The molecule has 0 aromatic heterocycles. The second-order valence-electron chi connectivity index (χ2n) is 4.62. The third-order valence-corrected chi connectivity index (χ3v) is 3.44. The number of nitrogens with zero attached hydrogens (tertiary/aromatic N) is 2.